The van der Waals surface area contributed by atoms with Gasteiger partial charge >= 0.3 is 0 Å². The van der Waals surface area contributed by atoms with Crippen LogP contribution in [0.2, 0.25) is 0 Å². The summed E-state index contributed by atoms with van der Waals surface area (Å²) in [6.07, 6.45) is 0. The van der Waals surface area contributed by atoms with Gasteiger partial charge in [0.15, 0.2) is 0 Å². The summed E-state index contributed by atoms with van der Waals surface area (Å²) in [6, 6.07) is 48.0. The summed E-state index contributed by atoms with van der Waals surface area (Å²) in [5.74, 6) is 0. The lowest BCUT2D eigenvalue weighted by Crippen LogP contribution is -1.86. The Bertz CT molecular complexity index is 1470. The molecule has 0 aliphatic rings. The molecule has 0 fully saturated rings. The first-order chi connectivity index (χ1) is 16.3. The number of fused-ring (bicyclic) bond motifs is 2. The molecule has 0 spiro atoms. The maximum Gasteiger partial charge on any atom is 0.0201 e. The molecule has 0 N–H and O–H groups in total. The number of benzene rings is 6. The molecule has 0 bridgehead atoms. The molecule has 0 aliphatic heterocycles. The van der Waals surface area contributed by atoms with Gasteiger partial charge in [0.2, 0.25) is 0 Å². The third-order valence-corrected chi connectivity index (χ3v) is 7.27. The standard InChI is InChI=1S/C32H22S/c1-3-11-25-21-27(19-17-23(25)9-1)29-13-5-7-15-31(29)33-32-16-8-6-14-30(32)28-20-18-24-10-2-4-12-26(24)22-28/h1-22H. The third kappa shape index (κ3) is 3.92. The van der Waals surface area contributed by atoms with Crippen molar-refractivity contribution in [3.05, 3.63) is 133 Å². The smallest absolute Gasteiger partial charge is 0.0201 e. The Morgan fingerprint density at radius 2 is 0.727 bits per heavy atom. The zero-order valence-corrected chi connectivity index (χ0v) is 18.9. The van der Waals surface area contributed by atoms with Crippen LogP contribution in [0.4, 0.5) is 0 Å². The minimum Gasteiger partial charge on any atom is -0.0888 e. The molecule has 156 valence electrons. The highest BCUT2D eigenvalue weighted by Gasteiger charge is 2.11. The van der Waals surface area contributed by atoms with E-state index in [9.17, 15) is 0 Å². The summed E-state index contributed by atoms with van der Waals surface area (Å²) in [5.41, 5.74) is 5.03. The van der Waals surface area contributed by atoms with Crippen LogP contribution < -0.4 is 0 Å². The first-order valence-electron chi connectivity index (χ1n) is 11.2. The fourth-order valence-electron chi connectivity index (χ4n) is 4.42. The van der Waals surface area contributed by atoms with Gasteiger partial charge < -0.3 is 0 Å². The Balaban J connectivity index is 1.42. The Kier molecular flexibility index (Phi) is 5.18. The molecular weight excluding hydrogens is 416 g/mol. The van der Waals surface area contributed by atoms with E-state index in [-0.39, 0.29) is 0 Å². The molecule has 0 aromatic heterocycles. The minimum absolute atomic E-state index is 1.25. The average Bonchev–Trinajstić information content (AvgIpc) is 2.89. The highest BCUT2D eigenvalue weighted by molar-refractivity contribution is 7.99. The van der Waals surface area contributed by atoms with Crippen LogP contribution in [-0.4, -0.2) is 0 Å². The topological polar surface area (TPSA) is 0 Å². The average molecular weight is 439 g/mol. The number of hydrogen-bond acceptors (Lipinski definition) is 1. The summed E-state index contributed by atoms with van der Waals surface area (Å²) in [7, 11) is 0. The second-order valence-corrected chi connectivity index (χ2v) is 9.30. The van der Waals surface area contributed by atoms with Crippen LogP contribution in [0.15, 0.2) is 143 Å². The molecule has 0 unspecified atom stereocenters. The Morgan fingerprint density at radius 3 is 1.21 bits per heavy atom. The molecule has 0 saturated carbocycles. The molecule has 33 heavy (non-hydrogen) atoms. The molecule has 6 aromatic rings. The van der Waals surface area contributed by atoms with Crippen molar-refractivity contribution in [3.63, 3.8) is 0 Å². The van der Waals surface area contributed by atoms with E-state index in [2.05, 4.69) is 133 Å². The largest absolute Gasteiger partial charge is 0.0888 e. The van der Waals surface area contributed by atoms with Crippen molar-refractivity contribution < 1.29 is 0 Å². The maximum absolute atomic E-state index is 2.30. The Morgan fingerprint density at radius 1 is 0.333 bits per heavy atom. The molecule has 0 aliphatic carbocycles. The predicted octanol–water partition coefficient (Wildman–Crippen LogP) is 9.48. The molecule has 1 heteroatoms. The second-order valence-electron chi connectivity index (χ2n) is 8.22. The van der Waals surface area contributed by atoms with Gasteiger partial charge in [-0.2, -0.15) is 0 Å². The molecule has 6 aromatic carbocycles. The van der Waals surface area contributed by atoms with Gasteiger partial charge in [0, 0.05) is 9.79 Å². The van der Waals surface area contributed by atoms with Crippen molar-refractivity contribution >= 4 is 33.3 Å². The van der Waals surface area contributed by atoms with Gasteiger partial charge in [-0.3, -0.25) is 0 Å². The molecule has 0 heterocycles. The quantitative estimate of drug-likeness (QED) is 0.264. The summed E-state index contributed by atoms with van der Waals surface area (Å²) in [6.45, 7) is 0. The second kappa shape index (κ2) is 8.61. The van der Waals surface area contributed by atoms with Crippen LogP contribution >= 0.6 is 11.8 Å². The fourth-order valence-corrected chi connectivity index (χ4v) is 5.54. The minimum atomic E-state index is 1.25. The fraction of sp³-hybridized carbons (Fsp3) is 0. The molecule has 0 saturated heterocycles. The third-order valence-electron chi connectivity index (χ3n) is 6.11. The molecule has 0 radical (unpaired) electrons. The molecule has 0 amide bonds. The van der Waals surface area contributed by atoms with Crippen LogP contribution in [0.5, 0.6) is 0 Å². The van der Waals surface area contributed by atoms with Gasteiger partial charge in [-0.1, -0.05) is 121 Å². The van der Waals surface area contributed by atoms with Gasteiger partial charge in [0.05, 0.1) is 0 Å². The van der Waals surface area contributed by atoms with E-state index in [1.54, 1.807) is 0 Å². The van der Waals surface area contributed by atoms with Crippen molar-refractivity contribution in [2.75, 3.05) is 0 Å². The zero-order valence-electron chi connectivity index (χ0n) is 18.1. The summed E-state index contributed by atoms with van der Waals surface area (Å²) < 4.78 is 0. The van der Waals surface area contributed by atoms with Crippen molar-refractivity contribution in [1.82, 2.24) is 0 Å². The lowest BCUT2D eigenvalue weighted by Gasteiger charge is -2.14. The first kappa shape index (κ1) is 19.8. The van der Waals surface area contributed by atoms with Crippen LogP contribution in [0.25, 0.3) is 43.8 Å². The van der Waals surface area contributed by atoms with E-state index in [0.29, 0.717) is 0 Å². The Hall–Kier alpha value is -3.81. The summed E-state index contributed by atoms with van der Waals surface area (Å²) >= 11 is 1.84. The van der Waals surface area contributed by atoms with Crippen LogP contribution in [0, 0.1) is 0 Å². The highest BCUT2D eigenvalue weighted by atomic mass is 32.2. The molecular formula is C32H22S. The first-order valence-corrected chi connectivity index (χ1v) is 12.0. The van der Waals surface area contributed by atoms with Crippen LogP contribution in [0.1, 0.15) is 0 Å². The van der Waals surface area contributed by atoms with Crippen molar-refractivity contribution in [2.24, 2.45) is 0 Å². The van der Waals surface area contributed by atoms with E-state index in [0.717, 1.165) is 0 Å². The van der Waals surface area contributed by atoms with Crippen molar-refractivity contribution in [3.8, 4) is 22.3 Å². The van der Waals surface area contributed by atoms with E-state index < -0.39 is 0 Å². The number of rotatable bonds is 4. The lowest BCUT2D eigenvalue weighted by atomic mass is 10.0. The van der Waals surface area contributed by atoms with Crippen LogP contribution in [-0.2, 0) is 0 Å². The van der Waals surface area contributed by atoms with E-state index in [4.69, 9.17) is 0 Å². The summed E-state index contributed by atoms with van der Waals surface area (Å²) in [4.78, 5) is 2.53. The van der Waals surface area contributed by atoms with Gasteiger partial charge in [-0.05, 0) is 68.1 Å². The SMILES string of the molecule is c1ccc(-c2ccc3ccccc3c2)c(Sc2ccccc2-c2ccc3ccccc3c2)c1. The van der Waals surface area contributed by atoms with Gasteiger partial charge in [-0.25, -0.2) is 0 Å². The van der Waals surface area contributed by atoms with Crippen LogP contribution in [0.3, 0.4) is 0 Å². The van der Waals surface area contributed by atoms with Gasteiger partial charge in [-0.15, -0.1) is 0 Å². The van der Waals surface area contributed by atoms with Crippen molar-refractivity contribution in [1.29, 1.82) is 0 Å². The maximum atomic E-state index is 2.30. The molecule has 6 rings (SSSR count). The monoisotopic (exact) mass is 438 g/mol. The predicted molar refractivity (Wildman–Crippen MR) is 143 cm³/mol. The van der Waals surface area contributed by atoms with E-state index in [1.807, 2.05) is 11.8 Å². The van der Waals surface area contributed by atoms with Crippen molar-refractivity contribution in [2.45, 2.75) is 9.79 Å². The van der Waals surface area contributed by atoms with E-state index >= 15 is 0 Å². The Labute approximate surface area is 198 Å². The van der Waals surface area contributed by atoms with Gasteiger partial charge in [0.1, 0.15) is 0 Å². The van der Waals surface area contributed by atoms with E-state index in [1.165, 1.54) is 53.6 Å². The zero-order chi connectivity index (χ0) is 22.0. The summed E-state index contributed by atoms with van der Waals surface area (Å²) in [5, 5.41) is 5.08. The van der Waals surface area contributed by atoms with Gasteiger partial charge in [0.25, 0.3) is 0 Å². The normalized spacial score (nSPS) is 11.2. The number of hydrogen-bond donors (Lipinski definition) is 0. The lowest BCUT2D eigenvalue weighted by molar-refractivity contribution is 1.40. The molecule has 0 nitrogen and oxygen atoms in total. The molecule has 0 atom stereocenters. The highest BCUT2D eigenvalue weighted by Crippen LogP contribution is 2.41.